The molecule has 1 aromatic carbocycles. The van der Waals surface area contributed by atoms with Crippen LogP contribution in [0.3, 0.4) is 0 Å². The molecule has 0 radical (unpaired) electrons. The summed E-state index contributed by atoms with van der Waals surface area (Å²) < 4.78 is 0. The number of rotatable bonds is 6. The molecular weight excluding hydrogens is 444 g/mol. The second kappa shape index (κ2) is 9.38. The van der Waals surface area contributed by atoms with Gasteiger partial charge in [-0.15, -0.1) is 0 Å². The number of amides is 6. The maximum atomic E-state index is 12.8. The number of urea groups is 1. The molecule has 1 aliphatic carbocycles. The molecular formula is C23H26N4O5S. The molecule has 33 heavy (non-hydrogen) atoms. The average Bonchev–Trinajstić information content (AvgIpc) is 3.18. The summed E-state index contributed by atoms with van der Waals surface area (Å²) in [7, 11) is 0. The molecule has 3 fully saturated rings. The van der Waals surface area contributed by atoms with Crippen LogP contribution < -0.4 is 10.6 Å². The van der Waals surface area contributed by atoms with E-state index in [1.165, 1.54) is 0 Å². The number of hydrogen-bond acceptors (Lipinski definition) is 6. The van der Waals surface area contributed by atoms with Crippen molar-refractivity contribution in [3.8, 4) is 0 Å². The highest BCUT2D eigenvalue weighted by Crippen LogP contribution is 2.36. The van der Waals surface area contributed by atoms with Gasteiger partial charge in [0.15, 0.2) is 0 Å². The lowest BCUT2D eigenvalue weighted by Gasteiger charge is -2.33. The number of nitrogens with one attached hydrogen (secondary N) is 2. The Balaban J connectivity index is 1.28. The Hall–Kier alpha value is -3.14. The fraction of sp³-hybridized carbons (Fsp3) is 0.435. The fourth-order valence-corrected chi connectivity index (χ4v) is 5.18. The van der Waals surface area contributed by atoms with Crippen molar-refractivity contribution >= 4 is 46.8 Å². The number of benzene rings is 1. The van der Waals surface area contributed by atoms with E-state index in [1.807, 2.05) is 30.3 Å². The summed E-state index contributed by atoms with van der Waals surface area (Å²) in [6.45, 7) is 1.76. The fourth-order valence-electron chi connectivity index (χ4n) is 4.31. The first-order valence-electron chi connectivity index (χ1n) is 11.0. The lowest BCUT2D eigenvalue weighted by molar-refractivity contribution is -0.136. The first-order valence-corrected chi connectivity index (χ1v) is 11.8. The van der Waals surface area contributed by atoms with Crippen molar-refractivity contribution in [3.63, 3.8) is 0 Å². The third-order valence-corrected chi connectivity index (χ3v) is 7.21. The number of carbonyl (C=O) groups is 5. The number of hydrogen-bond donors (Lipinski definition) is 2. The van der Waals surface area contributed by atoms with Gasteiger partial charge in [0, 0.05) is 13.1 Å². The molecule has 0 bridgehead atoms. The van der Waals surface area contributed by atoms with Crippen LogP contribution in [0.1, 0.15) is 38.2 Å². The van der Waals surface area contributed by atoms with Crippen LogP contribution in [0, 0.1) is 5.92 Å². The quantitative estimate of drug-likeness (QED) is 0.487. The molecule has 2 N–H and O–H groups in total. The van der Waals surface area contributed by atoms with E-state index < -0.39 is 35.2 Å². The van der Waals surface area contributed by atoms with E-state index in [-0.39, 0.29) is 19.0 Å². The molecule has 0 aromatic heterocycles. The van der Waals surface area contributed by atoms with Crippen LogP contribution in [0.15, 0.2) is 35.2 Å². The van der Waals surface area contributed by atoms with Crippen LogP contribution in [0.5, 0.6) is 0 Å². The summed E-state index contributed by atoms with van der Waals surface area (Å²) in [5.74, 6) is -0.779. The minimum Gasteiger partial charge on any atom is -0.353 e. The largest absolute Gasteiger partial charge is 0.353 e. The Morgan fingerprint density at radius 3 is 2.55 bits per heavy atom. The van der Waals surface area contributed by atoms with Gasteiger partial charge < -0.3 is 10.6 Å². The van der Waals surface area contributed by atoms with E-state index >= 15 is 0 Å². The Kier molecular flexibility index (Phi) is 6.55. The standard InChI is InChI=1S/C23H26N4O5S/c1-15-7-9-23(10-8-15)20(30)27(21(31)25-23)14-18(28)24-11-12-26-19(29)17(33-22(26)32)13-16-5-3-2-4-6-16/h2-6,13,15H,7-12,14H2,1H3,(H,24,28)(H,25,31). The minimum atomic E-state index is -0.892. The van der Waals surface area contributed by atoms with Crippen LogP contribution >= 0.6 is 11.8 Å². The summed E-state index contributed by atoms with van der Waals surface area (Å²) in [6, 6.07) is 8.66. The molecule has 9 nitrogen and oxygen atoms in total. The smallest absolute Gasteiger partial charge is 0.325 e. The second-order valence-corrected chi connectivity index (χ2v) is 9.67. The van der Waals surface area contributed by atoms with Gasteiger partial charge >= 0.3 is 6.03 Å². The third kappa shape index (κ3) is 4.80. The molecule has 10 heteroatoms. The molecule has 0 atom stereocenters. The molecule has 0 unspecified atom stereocenters. The summed E-state index contributed by atoms with van der Waals surface area (Å²) in [6.07, 6.45) is 4.51. The van der Waals surface area contributed by atoms with Crippen molar-refractivity contribution in [2.75, 3.05) is 19.6 Å². The molecule has 2 saturated heterocycles. The Labute approximate surface area is 195 Å². The van der Waals surface area contributed by atoms with Gasteiger partial charge in [-0.25, -0.2) is 4.79 Å². The molecule has 2 heterocycles. The van der Waals surface area contributed by atoms with Gasteiger partial charge in [0.1, 0.15) is 12.1 Å². The van der Waals surface area contributed by atoms with Gasteiger partial charge in [0.2, 0.25) is 5.91 Å². The van der Waals surface area contributed by atoms with Crippen LogP contribution in [0.25, 0.3) is 6.08 Å². The highest BCUT2D eigenvalue weighted by Gasteiger charge is 2.52. The number of thioether (sulfide) groups is 1. The van der Waals surface area contributed by atoms with Gasteiger partial charge in [-0.2, -0.15) is 0 Å². The first-order chi connectivity index (χ1) is 15.8. The average molecular weight is 471 g/mol. The van der Waals surface area contributed by atoms with E-state index in [0.29, 0.717) is 23.7 Å². The summed E-state index contributed by atoms with van der Waals surface area (Å²) >= 11 is 0.855. The Bertz CT molecular complexity index is 1020. The van der Waals surface area contributed by atoms with Crippen molar-refractivity contribution < 1.29 is 24.0 Å². The van der Waals surface area contributed by atoms with Gasteiger partial charge in [-0.05, 0) is 55.0 Å². The van der Waals surface area contributed by atoms with Gasteiger partial charge in [0.25, 0.3) is 17.1 Å². The predicted molar refractivity (Wildman–Crippen MR) is 123 cm³/mol. The predicted octanol–water partition coefficient (Wildman–Crippen LogP) is 2.34. The van der Waals surface area contributed by atoms with Crippen molar-refractivity contribution in [2.45, 2.75) is 38.1 Å². The van der Waals surface area contributed by atoms with Crippen LogP contribution in [0.4, 0.5) is 9.59 Å². The molecule has 3 aliphatic rings. The van der Waals surface area contributed by atoms with Crippen molar-refractivity contribution in [1.82, 2.24) is 20.4 Å². The summed E-state index contributed by atoms with van der Waals surface area (Å²) in [4.78, 5) is 64.7. The lowest BCUT2D eigenvalue weighted by atomic mass is 9.77. The van der Waals surface area contributed by atoms with Crippen LogP contribution in [-0.2, 0) is 14.4 Å². The molecule has 1 spiro atoms. The SMILES string of the molecule is CC1CCC2(CC1)NC(=O)N(CC(=O)NCCN1C(=O)SC(=Cc3ccccc3)C1=O)C2=O. The number of imide groups is 2. The molecule has 4 rings (SSSR count). The molecule has 174 valence electrons. The highest BCUT2D eigenvalue weighted by molar-refractivity contribution is 8.18. The molecule has 6 amide bonds. The van der Waals surface area contributed by atoms with E-state index in [1.54, 1.807) is 6.08 Å². The normalized spacial score (nSPS) is 26.5. The van der Waals surface area contributed by atoms with Gasteiger partial charge in [0.05, 0.1) is 4.91 Å². The topological polar surface area (TPSA) is 116 Å². The van der Waals surface area contributed by atoms with E-state index in [0.717, 1.165) is 40.0 Å². The number of carbonyl (C=O) groups excluding carboxylic acids is 5. The zero-order chi connectivity index (χ0) is 23.6. The van der Waals surface area contributed by atoms with Crippen LogP contribution in [0.2, 0.25) is 0 Å². The monoisotopic (exact) mass is 470 g/mol. The molecule has 2 aliphatic heterocycles. The molecule has 1 aromatic rings. The first kappa shape index (κ1) is 23.0. The minimum absolute atomic E-state index is 0.00447. The van der Waals surface area contributed by atoms with E-state index in [4.69, 9.17) is 0 Å². The number of nitrogens with zero attached hydrogens (tertiary/aromatic N) is 2. The van der Waals surface area contributed by atoms with Crippen molar-refractivity contribution in [1.29, 1.82) is 0 Å². The van der Waals surface area contributed by atoms with E-state index in [9.17, 15) is 24.0 Å². The zero-order valence-electron chi connectivity index (χ0n) is 18.3. The lowest BCUT2D eigenvalue weighted by Crippen LogP contribution is -2.50. The van der Waals surface area contributed by atoms with E-state index in [2.05, 4.69) is 17.6 Å². The Morgan fingerprint density at radius 2 is 1.85 bits per heavy atom. The summed E-state index contributed by atoms with van der Waals surface area (Å²) in [5.41, 5.74) is -0.0770. The maximum absolute atomic E-state index is 12.8. The molecule has 1 saturated carbocycles. The summed E-state index contributed by atoms with van der Waals surface area (Å²) in [5, 5.41) is 4.97. The Morgan fingerprint density at radius 1 is 1.15 bits per heavy atom. The zero-order valence-corrected chi connectivity index (χ0v) is 19.2. The van der Waals surface area contributed by atoms with Gasteiger partial charge in [-0.1, -0.05) is 37.3 Å². The van der Waals surface area contributed by atoms with Crippen LogP contribution in [-0.4, -0.2) is 64.0 Å². The maximum Gasteiger partial charge on any atom is 0.325 e. The highest BCUT2D eigenvalue weighted by atomic mass is 32.2. The third-order valence-electron chi connectivity index (χ3n) is 6.30. The van der Waals surface area contributed by atoms with Gasteiger partial charge in [-0.3, -0.25) is 29.0 Å². The van der Waals surface area contributed by atoms with Crippen molar-refractivity contribution in [2.24, 2.45) is 5.92 Å². The van der Waals surface area contributed by atoms with Crippen molar-refractivity contribution in [3.05, 3.63) is 40.8 Å². The second-order valence-electron chi connectivity index (χ2n) is 8.68.